The summed E-state index contributed by atoms with van der Waals surface area (Å²) in [7, 11) is 0. The lowest BCUT2D eigenvalue weighted by atomic mass is 10.1. The quantitative estimate of drug-likeness (QED) is 0.845. The van der Waals surface area contributed by atoms with E-state index < -0.39 is 0 Å². The molecule has 0 saturated heterocycles. The van der Waals surface area contributed by atoms with Gasteiger partial charge in [0.05, 0.1) is 12.5 Å². The molecule has 0 radical (unpaired) electrons. The van der Waals surface area contributed by atoms with Gasteiger partial charge in [0.25, 0.3) is 0 Å². The largest absolute Gasteiger partial charge is 0.398 e. The van der Waals surface area contributed by atoms with E-state index in [9.17, 15) is 0 Å². The monoisotopic (exact) mass is 266 g/mol. The summed E-state index contributed by atoms with van der Waals surface area (Å²) in [5.74, 6) is 0. The Kier molecular flexibility index (Phi) is 4.56. The van der Waals surface area contributed by atoms with Crippen molar-refractivity contribution in [1.29, 1.82) is 5.26 Å². The molecule has 0 aliphatic heterocycles. The molecule has 1 aromatic heterocycles. The maximum Gasteiger partial charge on any atom is 0.0640 e. The number of hydrogen-bond acceptors (Lipinski definition) is 4. The fraction of sp³-hybridized carbons (Fsp3) is 0.250. The lowest BCUT2D eigenvalue weighted by molar-refractivity contribution is 0.795. The van der Waals surface area contributed by atoms with Crippen LogP contribution in [0.1, 0.15) is 17.5 Å². The molecule has 4 heteroatoms. The molecule has 2 rings (SSSR count). The van der Waals surface area contributed by atoms with E-state index in [2.05, 4.69) is 16.0 Å². The maximum absolute atomic E-state index is 8.81. The van der Waals surface area contributed by atoms with Crippen LogP contribution in [0.25, 0.3) is 0 Å². The Hall–Kier alpha value is -2.54. The van der Waals surface area contributed by atoms with Crippen LogP contribution in [0.15, 0.2) is 42.7 Å². The second kappa shape index (κ2) is 6.58. The van der Waals surface area contributed by atoms with Gasteiger partial charge in [-0.1, -0.05) is 12.1 Å². The van der Waals surface area contributed by atoms with E-state index >= 15 is 0 Å². The normalized spacial score (nSPS) is 10.0. The molecule has 1 heterocycles. The summed E-state index contributed by atoms with van der Waals surface area (Å²) in [6, 6.07) is 12.2. The summed E-state index contributed by atoms with van der Waals surface area (Å²) in [6.07, 6.45) is 4.08. The summed E-state index contributed by atoms with van der Waals surface area (Å²) < 4.78 is 0. The third-order valence-electron chi connectivity index (χ3n) is 3.22. The number of hydrogen-bond donors (Lipinski definition) is 1. The first-order valence-corrected chi connectivity index (χ1v) is 6.57. The SMILES string of the molecule is Cc1ccc(N(CCC#N)Cc2cccnc2)cc1N. The van der Waals surface area contributed by atoms with Crippen LogP contribution < -0.4 is 10.6 Å². The third kappa shape index (κ3) is 3.48. The van der Waals surface area contributed by atoms with Crippen molar-refractivity contribution >= 4 is 11.4 Å². The second-order valence-corrected chi connectivity index (χ2v) is 4.73. The van der Waals surface area contributed by atoms with E-state index in [1.165, 1.54) is 0 Å². The first kappa shape index (κ1) is 13.9. The zero-order valence-electron chi connectivity index (χ0n) is 11.6. The highest BCUT2D eigenvalue weighted by Crippen LogP contribution is 2.22. The minimum absolute atomic E-state index is 0.480. The van der Waals surface area contributed by atoms with E-state index in [1.54, 1.807) is 6.20 Å². The van der Waals surface area contributed by atoms with Crippen molar-refractivity contribution in [3.8, 4) is 6.07 Å². The average Bonchev–Trinajstić information content (AvgIpc) is 2.47. The summed E-state index contributed by atoms with van der Waals surface area (Å²) in [6.45, 7) is 3.38. The van der Waals surface area contributed by atoms with Gasteiger partial charge in [-0.2, -0.15) is 5.26 Å². The Labute approximate surface area is 119 Å². The van der Waals surface area contributed by atoms with E-state index in [0.717, 1.165) is 29.0 Å². The number of pyridine rings is 1. The number of anilines is 2. The van der Waals surface area contributed by atoms with Gasteiger partial charge in [0.15, 0.2) is 0 Å². The van der Waals surface area contributed by atoms with Crippen molar-refractivity contribution in [3.05, 3.63) is 53.9 Å². The zero-order chi connectivity index (χ0) is 14.4. The summed E-state index contributed by atoms with van der Waals surface area (Å²) in [5.41, 5.74) is 9.97. The first-order chi connectivity index (χ1) is 9.70. The highest BCUT2D eigenvalue weighted by Gasteiger charge is 2.08. The van der Waals surface area contributed by atoms with Crippen LogP contribution >= 0.6 is 0 Å². The van der Waals surface area contributed by atoms with Gasteiger partial charge in [-0.3, -0.25) is 4.98 Å². The van der Waals surface area contributed by atoms with Gasteiger partial charge < -0.3 is 10.6 Å². The predicted octanol–water partition coefficient (Wildman–Crippen LogP) is 2.89. The fourth-order valence-corrected chi connectivity index (χ4v) is 2.02. The van der Waals surface area contributed by atoms with Gasteiger partial charge >= 0.3 is 0 Å². The summed E-state index contributed by atoms with van der Waals surface area (Å²) in [5, 5.41) is 8.81. The molecule has 20 heavy (non-hydrogen) atoms. The Bertz CT molecular complexity index is 602. The summed E-state index contributed by atoms with van der Waals surface area (Å²) >= 11 is 0. The van der Waals surface area contributed by atoms with E-state index in [0.29, 0.717) is 13.0 Å². The number of nitrogen functional groups attached to an aromatic ring is 1. The predicted molar refractivity (Wildman–Crippen MR) is 81.1 cm³/mol. The molecule has 0 aliphatic carbocycles. The minimum atomic E-state index is 0.480. The molecule has 0 atom stereocenters. The Balaban J connectivity index is 2.22. The summed E-state index contributed by atoms with van der Waals surface area (Å²) in [4.78, 5) is 6.28. The van der Waals surface area contributed by atoms with Crippen LogP contribution in [0.5, 0.6) is 0 Å². The van der Waals surface area contributed by atoms with Gasteiger partial charge in [-0.05, 0) is 36.2 Å². The molecule has 2 aromatic rings. The highest BCUT2D eigenvalue weighted by atomic mass is 15.1. The number of rotatable bonds is 5. The average molecular weight is 266 g/mol. The fourth-order valence-electron chi connectivity index (χ4n) is 2.02. The lowest BCUT2D eigenvalue weighted by Gasteiger charge is -2.24. The number of nitrogens with two attached hydrogens (primary N) is 1. The number of nitriles is 1. The van der Waals surface area contributed by atoms with Crippen molar-refractivity contribution in [2.45, 2.75) is 19.9 Å². The first-order valence-electron chi connectivity index (χ1n) is 6.57. The van der Waals surface area contributed by atoms with Crippen LogP contribution in [-0.4, -0.2) is 11.5 Å². The molecule has 0 spiro atoms. The number of aromatic nitrogens is 1. The van der Waals surface area contributed by atoms with Crippen molar-refractivity contribution in [3.63, 3.8) is 0 Å². The van der Waals surface area contributed by atoms with Gasteiger partial charge in [0.2, 0.25) is 0 Å². The van der Waals surface area contributed by atoms with Crippen LogP contribution in [-0.2, 0) is 6.54 Å². The Morgan fingerprint density at radius 1 is 1.35 bits per heavy atom. The Morgan fingerprint density at radius 2 is 2.20 bits per heavy atom. The van der Waals surface area contributed by atoms with Crippen LogP contribution in [0.4, 0.5) is 11.4 Å². The highest BCUT2D eigenvalue weighted by molar-refractivity contribution is 5.59. The molecule has 0 unspecified atom stereocenters. The van der Waals surface area contributed by atoms with E-state index in [-0.39, 0.29) is 0 Å². The molecule has 0 saturated carbocycles. The van der Waals surface area contributed by atoms with Gasteiger partial charge in [-0.15, -0.1) is 0 Å². The smallest absolute Gasteiger partial charge is 0.0640 e. The Morgan fingerprint density at radius 3 is 2.85 bits per heavy atom. The molecule has 0 amide bonds. The topological polar surface area (TPSA) is 65.9 Å². The third-order valence-corrected chi connectivity index (χ3v) is 3.22. The van der Waals surface area contributed by atoms with Crippen LogP contribution in [0, 0.1) is 18.3 Å². The van der Waals surface area contributed by atoms with Gasteiger partial charge in [-0.25, -0.2) is 0 Å². The molecule has 0 bridgehead atoms. The number of nitrogens with zero attached hydrogens (tertiary/aromatic N) is 3. The van der Waals surface area contributed by atoms with E-state index in [4.69, 9.17) is 11.0 Å². The molecule has 0 aliphatic rings. The molecule has 1 aromatic carbocycles. The van der Waals surface area contributed by atoms with Crippen molar-refractivity contribution in [1.82, 2.24) is 4.98 Å². The number of aryl methyl sites for hydroxylation is 1. The van der Waals surface area contributed by atoms with Crippen molar-refractivity contribution < 1.29 is 0 Å². The second-order valence-electron chi connectivity index (χ2n) is 4.73. The standard InChI is InChI=1S/C16H18N4/c1-13-5-6-15(10-16(13)18)20(9-3-7-17)12-14-4-2-8-19-11-14/h2,4-6,8,10-11H,3,9,12,18H2,1H3. The zero-order valence-corrected chi connectivity index (χ0v) is 11.6. The van der Waals surface area contributed by atoms with Gasteiger partial charge in [0.1, 0.15) is 0 Å². The van der Waals surface area contributed by atoms with Crippen molar-refractivity contribution in [2.75, 3.05) is 17.2 Å². The number of benzene rings is 1. The van der Waals surface area contributed by atoms with Crippen molar-refractivity contribution in [2.24, 2.45) is 0 Å². The van der Waals surface area contributed by atoms with Crippen LogP contribution in [0.2, 0.25) is 0 Å². The molecule has 0 fully saturated rings. The van der Waals surface area contributed by atoms with E-state index in [1.807, 2.05) is 43.5 Å². The van der Waals surface area contributed by atoms with Crippen LogP contribution in [0.3, 0.4) is 0 Å². The molecule has 102 valence electrons. The minimum Gasteiger partial charge on any atom is -0.398 e. The molecule has 2 N–H and O–H groups in total. The maximum atomic E-state index is 8.81. The molecular weight excluding hydrogens is 248 g/mol. The molecule has 4 nitrogen and oxygen atoms in total. The molecular formula is C16H18N4. The van der Waals surface area contributed by atoms with Gasteiger partial charge in [0, 0.05) is 36.9 Å². The lowest BCUT2D eigenvalue weighted by Crippen LogP contribution is -2.23.